The maximum atomic E-state index is 8.74. The van der Waals surface area contributed by atoms with Crippen molar-refractivity contribution in [2.45, 2.75) is 0 Å². The number of nitrogens with zero attached hydrogens (tertiary/aromatic N) is 2. The van der Waals surface area contributed by atoms with Gasteiger partial charge < -0.3 is 0 Å². The van der Waals surface area contributed by atoms with Gasteiger partial charge in [-0.1, -0.05) is 23.2 Å². The van der Waals surface area contributed by atoms with E-state index in [-0.39, 0.29) is 5.15 Å². The molecule has 0 amide bonds. The van der Waals surface area contributed by atoms with E-state index >= 15 is 0 Å². The topological polar surface area (TPSA) is 36.7 Å². The largest absolute Gasteiger partial charge is 0.235 e. The Kier molecular flexibility index (Phi) is 2.28. The minimum absolute atomic E-state index is 0.224. The molecule has 1 aromatic heterocycles. The second-order valence-electron chi connectivity index (χ2n) is 2.78. The maximum absolute atomic E-state index is 8.74. The van der Waals surface area contributed by atoms with Crippen molar-refractivity contribution >= 4 is 34.1 Å². The van der Waals surface area contributed by atoms with Gasteiger partial charge in [0.05, 0.1) is 11.1 Å². The van der Waals surface area contributed by atoms with E-state index in [4.69, 9.17) is 28.5 Å². The highest BCUT2D eigenvalue weighted by molar-refractivity contribution is 6.32. The van der Waals surface area contributed by atoms with Gasteiger partial charge in [-0.15, -0.1) is 0 Å². The van der Waals surface area contributed by atoms with Crippen molar-refractivity contribution in [1.29, 1.82) is 5.26 Å². The third kappa shape index (κ3) is 1.52. The van der Waals surface area contributed by atoms with Gasteiger partial charge in [-0.05, 0) is 24.3 Å². The minimum atomic E-state index is 0.224. The lowest BCUT2D eigenvalue weighted by Gasteiger charge is -1.99. The molecule has 1 heterocycles. The highest BCUT2D eigenvalue weighted by Gasteiger charge is 2.03. The number of pyridine rings is 1. The summed E-state index contributed by atoms with van der Waals surface area (Å²) in [6.07, 6.45) is 0. The molecule has 0 unspecified atom stereocenters. The van der Waals surface area contributed by atoms with Crippen molar-refractivity contribution in [3.63, 3.8) is 0 Å². The first-order valence-corrected chi connectivity index (χ1v) is 4.62. The van der Waals surface area contributed by atoms with Crippen molar-refractivity contribution in [3.05, 3.63) is 40.0 Å². The quantitative estimate of drug-likeness (QED) is 0.641. The van der Waals surface area contributed by atoms with Crippen LogP contribution in [0.1, 0.15) is 5.56 Å². The molecule has 4 heteroatoms. The van der Waals surface area contributed by atoms with Gasteiger partial charge in [-0.25, -0.2) is 4.98 Å². The Bertz CT molecular complexity index is 544. The number of benzene rings is 1. The van der Waals surface area contributed by atoms with Crippen molar-refractivity contribution < 1.29 is 0 Å². The summed E-state index contributed by atoms with van der Waals surface area (Å²) in [6, 6.07) is 8.90. The summed E-state index contributed by atoms with van der Waals surface area (Å²) in [5.41, 5.74) is 1.10. The Morgan fingerprint density at radius 2 is 2.00 bits per heavy atom. The Morgan fingerprint density at radius 3 is 2.71 bits per heavy atom. The molecule has 0 N–H and O–H groups in total. The fourth-order valence-electron chi connectivity index (χ4n) is 1.20. The molecule has 2 aromatic rings. The molecular weight excluding hydrogens is 219 g/mol. The molecule has 0 saturated heterocycles. The molecule has 68 valence electrons. The lowest BCUT2D eigenvalue weighted by atomic mass is 10.2. The molecule has 0 spiro atoms. The number of hydrogen-bond acceptors (Lipinski definition) is 2. The molecule has 14 heavy (non-hydrogen) atoms. The van der Waals surface area contributed by atoms with E-state index in [0.29, 0.717) is 10.6 Å². The Morgan fingerprint density at radius 1 is 1.21 bits per heavy atom. The number of aromatic nitrogens is 1. The molecular formula is C10H4Cl2N2. The first-order valence-electron chi connectivity index (χ1n) is 3.86. The van der Waals surface area contributed by atoms with Crippen LogP contribution >= 0.6 is 23.2 Å². The molecule has 0 aliphatic carbocycles. The second-order valence-corrected chi connectivity index (χ2v) is 3.57. The molecule has 0 aliphatic rings. The normalized spacial score (nSPS) is 10.1. The van der Waals surface area contributed by atoms with E-state index in [0.717, 1.165) is 10.9 Å². The molecule has 0 radical (unpaired) electrons. The van der Waals surface area contributed by atoms with Crippen LogP contribution in [0.5, 0.6) is 0 Å². The van der Waals surface area contributed by atoms with E-state index in [1.165, 1.54) is 0 Å². The smallest absolute Gasteiger partial charge is 0.147 e. The minimum Gasteiger partial charge on any atom is -0.235 e. The fourth-order valence-corrected chi connectivity index (χ4v) is 1.57. The average Bonchev–Trinajstić information content (AvgIpc) is 2.17. The highest BCUT2D eigenvalue weighted by atomic mass is 35.5. The first-order chi connectivity index (χ1) is 6.70. The van der Waals surface area contributed by atoms with Crippen molar-refractivity contribution in [2.24, 2.45) is 0 Å². The van der Waals surface area contributed by atoms with E-state index in [2.05, 4.69) is 4.98 Å². The van der Waals surface area contributed by atoms with Gasteiger partial charge in [-0.3, -0.25) is 0 Å². The number of fused-ring (bicyclic) bond motifs is 1. The van der Waals surface area contributed by atoms with Gasteiger partial charge in [0.15, 0.2) is 0 Å². The fraction of sp³-hybridized carbons (Fsp3) is 0. The third-order valence-corrected chi connectivity index (χ3v) is 2.37. The highest BCUT2D eigenvalue weighted by Crippen LogP contribution is 2.22. The van der Waals surface area contributed by atoms with Crippen LogP contribution in [0, 0.1) is 11.3 Å². The Hall–Kier alpha value is -1.30. The monoisotopic (exact) mass is 222 g/mol. The second kappa shape index (κ2) is 3.45. The summed E-state index contributed by atoms with van der Waals surface area (Å²) < 4.78 is 0. The zero-order valence-corrected chi connectivity index (χ0v) is 8.47. The summed E-state index contributed by atoms with van der Waals surface area (Å²) >= 11 is 11.6. The zero-order chi connectivity index (χ0) is 10.1. The van der Waals surface area contributed by atoms with Crippen molar-refractivity contribution in [2.75, 3.05) is 0 Å². The molecule has 2 rings (SSSR count). The number of nitriles is 1. The van der Waals surface area contributed by atoms with Gasteiger partial charge in [-0.2, -0.15) is 5.26 Å². The molecule has 0 aliphatic heterocycles. The molecule has 1 aromatic carbocycles. The van der Waals surface area contributed by atoms with Crippen LogP contribution in [-0.4, -0.2) is 4.98 Å². The molecule has 0 bridgehead atoms. The molecule has 0 fully saturated rings. The zero-order valence-electron chi connectivity index (χ0n) is 6.96. The van der Waals surface area contributed by atoms with Crippen molar-refractivity contribution in [3.8, 4) is 6.07 Å². The lowest BCUT2D eigenvalue weighted by molar-refractivity contribution is 1.37. The summed E-state index contributed by atoms with van der Waals surface area (Å²) in [5.74, 6) is 0. The predicted molar refractivity (Wildman–Crippen MR) is 56.5 cm³/mol. The van der Waals surface area contributed by atoms with E-state index in [1.54, 1.807) is 24.3 Å². The summed E-state index contributed by atoms with van der Waals surface area (Å²) in [7, 11) is 0. The van der Waals surface area contributed by atoms with Gasteiger partial charge in [0.25, 0.3) is 0 Å². The van der Waals surface area contributed by atoms with Gasteiger partial charge in [0.2, 0.25) is 0 Å². The van der Waals surface area contributed by atoms with Gasteiger partial charge in [0, 0.05) is 10.4 Å². The van der Waals surface area contributed by atoms with Crippen LogP contribution in [-0.2, 0) is 0 Å². The summed E-state index contributed by atoms with van der Waals surface area (Å²) in [5, 5.41) is 10.4. The molecule has 0 saturated carbocycles. The van der Waals surface area contributed by atoms with Crippen LogP contribution in [0.15, 0.2) is 24.3 Å². The molecule has 2 nitrogen and oxygen atoms in total. The van der Waals surface area contributed by atoms with Gasteiger partial charge >= 0.3 is 0 Å². The van der Waals surface area contributed by atoms with Crippen LogP contribution in [0.25, 0.3) is 10.9 Å². The first kappa shape index (κ1) is 9.26. The Labute approximate surface area is 90.7 Å². The van der Waals surface area contributed by atoms with Gasteiger partial charge in [0.1, 0.15) is 11.2 Å². The summed E-state index contributed by atoms with van der Waals surface area (Å²) in [6.45, 7) is 0. The average molecular weight is 223 g/mol. The SMILES string of the molecule is N#Cc1cc2cc(Cl)ccc2nc1Cl. The van der Waals surface area contributed by atoms with E-state index in [9.17, 15) is 0 Å². The number of halogens is 2. The van der Waals surface area contributed by atoms with Crippen LogP contribution < -0.4 is 0 Å². The van der Waals surface area contributed by atoms with Crippen LogP contribution in [0.2, 0.25) is 10.2 Å². The third-order valence-electron chi connectivity index (χ3n) is 1.85. The number of hydrogen-bond donors (Lipinski definition) is 0. The van der Waals surface area contributed by atoms with Crippen LogP contribution in [0.3, 0.4) is 0 Å². The molecule has 0 atom stereocenters. The maximum Gasteiger partial charge on any atom is 0.147 e. The van der Waals surface area contributed by atoms with E-state index < -0.39 is 0 Å². The van der Waals surface area contributed by atoms with E-state index in [1.807, 2.05) is 6.07 Å². The Balaban J connectivity index is 2.82. The number of rotatable bonds is 0. The predicted octanol–water partition coefficient (Wildman–Crippen LogP) is 3.41. The standard InChI is InChI=1S/C10H4Cl2N2/c11-8-1-2-9-6(4-8)3-7(5-13)10(12)14-9/h1-4H. The van der Waals surface area contributed by atoms with Crippen LogP contribution in [0.4, 0.5) is 0 Å². The summed E-state index contributed by atoms with van der Waals surface area (Å²) in [4.78, 5) is 4.07. The van der Waals surface area contributed by atoms with Crippen molar-refractivity contribution in [1.82, 2.24) is 4.98 Å². The lowest BCUT2D eigenvalue weighted by Crippen LogP contribution is -1.84.